The molecule has 13 rings (SSSR count). The molecule has 294 valence electrons. The number of rotatable bonds is 6. The molecule has 0 unspecified atom stereocenters. The number of aromatic nitrogens is 4. The molecule has 63 heavy (non-hydrogen) atoms. The molecule has 0 saturated heterocycles. The molecule has 0 N–H and O–H groups in total. The van der Waals surface area contributed by atoms with E-state index in [4.69, 9.17) is 14.4 Å². The lowest BCUT2D eigenvalue weighted by molar-refractivity contribution is 0.669. The van der Waals surface area contributed by atoms with Crippen LogP contribution in [0, 0.1) is 0 Å². The molecule has 0 spiro atoms. The van der Waals surface area contributed by atoms with Gasteiger partial charge in [-0.05, 0) is 71.8 Å². The minimum Gasteiger partial charge on any atom is -0.456 e. The van der Waals surface area contributed by atoms with E-state index in [9.17, 15) is 0 Å². The summed E-state index contributed by atoms with van der Waals surface area (Å²) in [5.74, 6) is 0.649. The van der Waals surface area contributed by atoms with Crippen LogP contribution >= 0.6 is 0 Å². The van der Waals surface area contributed by atoms with E-state index in [1.165, 1.54) is 32.7 Å². The fraction of sp³-hybridized carbons (Fsp3) is 0. The van der Waals surface area contributed by atoms with Gasteiger partial charge in [0.05, 0.1) is 33.5 Å². The minimum atomic E-state index is 0.649. The molecular weight excluding hydrogens is 769 g/mol. The van der Waals surface area contributed by atoms with Gasteiger partial charge in [0.2, 0.25) is 0 Å². The van der Waals surface area contributed by atoms with Gasteiger partial charge in [-0.25, -0.2) is 9.97 Å². The lowest BCUT2D eigenvalue weighted by Gasteiger charge is -2.14. The Hall–Kier alpha value is -8.54. The van der Waals surface area contributed by atoms with Gasteiger partial charge in [-0.15, -0.1) is 0 Å². The zero-order valence-corrected chi connectivity index (χ0v) is 34.0. The number of fused-ring (bicyclic) bond motifs is 10. The fourth-order valence-corrected chi connectivity index (χ4v) is 9.62. The Bertz CT molecular complexity index is 3900. The molecule has 0 fully saturated rings. The van der Waals surface area contributed by atoms with Crippen LogP contribution < -0.4 is 0 Å². The largest absolute Gasteiger partial charge is 0.456 e. The minimum absolute atomic E-state index is 0.649. The topological polar surface area (TPSA) is 48.8 Å². The second-order valence-corrected chi connectivity index (χ2v) is 16.2. The third kappa shape index (κ3) is 5.64. The second kappa shape index (κ2) is 14.0. The Balaban J connectivity index is 1.03. The summed E-state index contributed by atoms with van der Waals surface area (Å²) in [6.45, 7) is 0. The van der Waals surface area contributed by atoms with E-state index in [0.29, 0.717) is 5.82 Å². The maximum Gasteiger partial charge on any atom is 0.160 e. The van der Waals surface area contributed by atoms with Crippen LogP contribution in [-0.4, -0.2) is 19.1 Å². The van der Waals surface area contributed by atoms with Crippen LogP contribution in [0.1, 0.15) is 0 Å². The van der Waals surface area contributed by atoms with Crippen LogP contribution in [0.25, 0.3) is 122 Å². The molecule has 4 aromatic heterocycles. The van der Waals surface area contributed by atoms with Gasteiger partial charge >= 0.3 is 0 Å². The average molecular weight is 805 g/mol. The van der Waals surface area contributed by atoms with Crippen molar-refractivity contribution in [2.75, 3.05) is 0 Å². The van der Waals surface area contributed by atoms with E-state index in [0.717, 1.165) is 83.5 Å². The van der Waals surface area contributed by atoms with Gasteiger partial charge in [-0.2, -0.15) is 0 Å². The highest BCUT2D eigenvalue weighted by Gasteiger charge is 2.22. The van der Waals surface area contributed by atoms with Crippen molar-refractivity contribution in [3.05, 3.63) is 218 Å². The van der Waals surface area contributed by atoms with Gasteiger partial charge in [0.1, 0.15) is 11.2 Å². The molecule has 0 amide bonds. The first-order valence-electron chi connectivity index (χ1n) is 21.3. The molecular formula is C58H36N4O. The normalized spacial score (nSPS) is 11.8. The first-order chi connectivity index (χ1) is 31.2. The highest BCUT2D eigenvalue weighted by molar-refractivity contribution is 6.24. The summed E-state index contributed by atoms with van der Waals surface area (Å²) in [6.07, 6.45) is 0. The molecule has 0 bridgehead atoms. The van der Waals surface area contributed by atoms with Gasteiger partial charge in [0.25, 0.3) is 0 Å². The third-order valence-corrected chi connectivity index (χ3v) is 12.5. The number of para-hydroxylation sites is 3. The van der Waals surface area contributed by atoms with Gasteiger partial charge < -0.3 is 13.6 Å². The Morgan fingerprint density at radius 1 is 0.302 bits per heavy atom. The first kappa shape index (κ1) is 35.2. The van der Waals surface area contributed by atoms with Crippen LogP contribution in [0.3, 0.4) is 0 Å². The van der Waals surface area contributed by atoms with Crippen molar-refractivity contribution in [1.29, 1.82) is 0 Å². The predicted molar refractivity (Wildman–Crippen MR) is 260 cm³/mol. The quantitative estimate of drug-likeness (QED) is 0.168. The standard InChI is InChI=1S/C58H36N4O/c1-3-14-37(15-4-1)38-26-29-42(30-27-38)61-52-23-10-7-20-44(52)48-32-33-49-45-21-8-11-24-53(45)62(57(49)56(48)61)43-19-13-18-41(34-43)58-59-50(39-16-5-2-6-17-39)36-51(60-58)40-28-31-47-46-22-9-12-25-54(46)63-55(47)35-40/h1-36H. The zero-order chi connectivity index (χ0) is 41.4. The summed E-state index contributed by atoms with van der Waals surface area (Å²) in [5.41, 5.74) is 15.4. The van der Waals surface area contributed by atoms with Gasteiger partial charge in [0, 0.05) is 60.4 Å². The lowest BCUT2D eigenvalue weighted by Crippen LogP contribution is -2.00. The van der Waals surface area contributed by atoms with Crippen LogP contribution in [0.5, 0.6) is 0 Å². The number of nitrogens with zero attached hydrogens (tertiary/aromatic N) is 4. The Kier molecular flexibility index (Phi) is 7.84. The molecule has 0 aliphatic heterocycles. The van der Waals surface area contributed by atoms with Crippen molar-refractivity contribution in [1.82, 2.24) is 19.1 Å². The van der Waals surface area contributed by atoms with E-state index in [2.05, 4.69) is 209 Å². The number of benzene rings is 9. The summed E-state index contributed by atoms with van der Waals surface area (Å²) in [4.78, 5) is 10.6. The molecule has 0 atom stereocenters. The van der Waals surface area contributed by atoms with E-state index in [1.807, 2.05) is 18.2 Å². The van der Waals surface area contributed by atoms with Gasteiger partial charge in [0.15, 0.2) is 5.82 Å². The van der Waals surface area contributed by atoms with Crippen molar-refractivity contribution in [2.24, 2.45) is 0 Å². The fourth-order valence-electron chi connectivity index (χ4n) is 9.62. The third-order valence-electron chi connectivity index (χ3n) is 12.5. The summed E-state index contributed by atoms with van der Waals surface area (Å²) >= 11 is 0. The van der Waals surface area contributed by atoms with Crippen molar-refractivity contribution >= 4 is 65.6 Å². The van der Waals surface area contributed by atoms with Crippen molar-refractivity contribution < 1.29 is 4.42 Å². The molecule has 5 heteroatoms. The summed E-state index contributed by atoms with van der Waals surface area (Å²) in [6, 6.07) is 77.3. The van der Waals surface area contributed by atoms with Crippen LogP contribution in [0.2, 0.25) is 0 Å². The smallest absolute Gasteiger partial charge is 0.160 e. The number of hydrogen-bond acceptors (Lipinski definition) is 3. The van der Waals surface area contributed by atoms with Crippen LogP contribution in [-0.2, 0) is 0 Å². The van der Waals surface area contributed by atoms with E-state index < -0.39 is 0 Å². The van der Waals surface area contributed by atoms with Crippen LogP contribution in [0.15, 0.2) is 223 Å². The highest BCUT2D eigenvalue weighted by Crippen LogP contribution is 2.42. The first-order valence-corrected chi connectivity index (χ1v) is 21.3. The number of hydrogen-bond donors (Lipinski definition) is 0. The second-order valence-electron chi connectivity index (χ2n) is 16.2. The zero-order valence-electron chi connectivity index (χ0n) is 34.0. The van der Waals surface area contributed by atoms with E-state index >= 15 is 0 Å². The molecule has 0 aliphatic rings. The molecule has 5 nitrogen and oxygen atoms in total. The highest BCUT2D eigenvalue weighted by atomic mass is 16.3. The summed E-state index contributed by atoms with van der Waals surface area (Å²) in [5, 5.41) is 7.00. The molecule has 0 aliphatic carbocycles. The predicted octanol–water partition coefficient (Wildman–Crippen LogP) is 15.2. The monoisotopic (exact) mass is 804 g/mol. The SMILES string of the molecule is c1ccc(-c2ccc(-n3c4ccccc4c4ccc5c6ccccc6n(-c6cccc(-c7nc(-c8ccccc8)cc(-c8ccc9c(c8)oc8ccccc89)n7)c6)c5c43)cc2)cc1. The Morgan fingerprint density at radius 2 is 0.810 bits per heavy atom. The maximum atomic E-state index is 6.33. The molecule has 0 radical (unpaired) electrons. The molecule has 9 aromatic carbocycles. The van der Waals surface area contributed by atoms with Gasteiger partial charge in [-0.3, -0.25) is 0 Å². The summed E-state index contributed by atoms with van der Waals surface area (Å²) in [7, 11) is 0. The Morgan fingerprint density at radius 3 is 1.51 bits per heavy atom. The van der Waals surface area contributed by atoms with Gasteiger partial charge in [-0.1, -0.05) is 158 Å². The molecule has 0 saturated carbocycles. The van der Waals surface area contributed by atoms with Crippen molar-refractivity contribution in [2.45, 2.75) is 0 Å². The van der Waals surface area contributed by atoms with Crippen molar-refractivity contribution in [3.63, 3.8) is 0 Å². The lowest BCUT2D eigenvalue weighted by atomic mass is 10.0. The Labute approximate surface area is 362 Å². The average Bonchev–Trinajstić information content (AvgIpc) is 4.02. The van der Waals surface area contributed by atoms with Crippen molar-refractivity contribution in [3.8, 4) is 56.4 Å². The molecule has 13 aromatic rings. The summed E-state index contributed by atoms with van der Waals surface area (Å²) < 4.78 is 11.2. The maximum absolute atomic E-state index is 6.33. The van der Waals surface area contributed by atoms with E-state index in [-0.39, 0.29) is 0 Å². The van der Waals surface area contributed by atoms with E-state index in [1.54, 1.807) is 0 Å². The van der Waals surface area contributed by atoms with Crippen LogP contribution in [0.4, 0.5) is 0 Å². The molecule has 4 heterocycles. The number of furan rings is 1.